The molecule has 5 nitrogen and oxygen atoms in total. The number of nitrogens with zero attached hydrogens (tertiary/aromatic N) is 2. The Labute approximate surface area is 120 Å². The Morgan fingerprint density at radius 2 is 2.20 bits per heavy atom. The highest BCUT2D eigenvalue weighted by atomic mass is 16.1. The van der Waals surface area contributed by atoms with Gasteiger partial charge in [0.2, 0.25) is 5.91 Å². The number of carbonyl (C=O) groups excluding carboxylic acids is 1. The lowest BCUT2D eigenvalue weighted by molar-refractivity contribution is 0.1000. The minimum Gasteiger partial charge on any atom is -0.369 e. The maximum Gasteiger partial charge on any atom is 0.250 e. The van der Waals surface area contributed by atoms with Gasteiger partial charge in [-0.05, 0) is 44.0 Å². The molecule has 0 radical (unpaired) electrons. The molecule has 3 N–H and O–H groups in total. The zero-order valence-electron chi connectivity index (χ0n) is 12.1. The van der Waals surface area contributed by atoms with Crippen LogP contribution >= 0.6 is 0 Å². The zero-order valence-corrected chi connectivity index (χ0v) is 12.1. The molecule has 2 heterocycles. The minimum atomic E-state index is -0.442. The Hall–Kier alpha value is -1.62. The van der Waals surface area contributed by atoms with Gasteiger partial charge in [-0.15, -0.1) is 0 Å². The molecule has 1 fully saturated rings. The number of primary amides is 1. The molecule has 1 aliphatic rings. The molecule has 0 bridgehead atoms. The van der Waals surface area contributed by atoms with Crippen molar-refractivity contribution >= 4 is 11.7 Å². The number of likely N-dealkylation sites (tertiary alicyclic amines) is 1. The molecule has 1 saturated heterocycles. The Morgan fingerprint density at radius 1 is 1.45 bits per heavy atom. The van der Waals surface area contributed by atoms with E-state index in [0.29, 0.717) is 5.56 Å². The second-order valence-electron chi connectivity index (χ2n) is 5.42. The molecule has 0 spiro atoms. The highest BCUT2D eigenvalue weighted by molar-refractivity contribution is 5.92. The lowest BCUT2D eigenvalue weighted by atomic mass is 9.94. The van der Waals surface area contributed by atoms with E-state index < -0.39 is 5.91 Å². The average Bonchev–Trinajstić information content (AvgIpc) is 2.48. The van der Waals surface area contributed by atoms with Crippen LogP contribution in [0.1, 0.15) is 36.5 Å². The maximum atomic E-state index is 10.9. The summed E-state index contributed by atoms with van der Waals surface area (Å²) >= 11 is 0. The van der Waals surface area contributed by atoms with Gasteiger partial charge in [-0.1, -0.05) is 13.3 Å². The van der Waals surface area contributed by atoms with Crippen molar-refractivity contribution in [3.8, 4) is 0 Å². The van der Waals surface area contributed by atoms with Crippen LogP contribution in [0.2, 0.25) is 0 Å². The standard InChI is InChI=1S/C15H24N4O/c1-2-12-5-8-19(9-6-12)10-7-17-14-4-3-13(11-18-14)15(16)20/h3-4,11-12H,2,5-10H2,1H3,(H2,16,20)(H,17,18). The van der Waals surface area contributed by atoms with E-state index in [2.05, 4.69) is 22.1 Å². The molecule has 5 heteroatoms. The summed E-state index contributed by atoms with van der Waals surface area (Å²) < 4.78 is 0. The number of nitrogens with two attached hydrogens (primary N) is 1. The Balaban J connectivity index is 1.69. The smallest absolute Gasteiger partial charge is 0.250 e. The molecule has 0 atom stereocenters. The monoisotopic (exact) mass is 276 g/mol. The molecule has 0 saturated carbocycles. The number of anilines is 1. The SMILES string of the molecule is CCC1CCN(CCNc2ccc(C(N)=O)cn2)CC1. The van der Waals surface area contributed by atoms with Gasteiger partial charge in [0.05, 0.1) is 5.56 Å². The van der Waals surface area contributed by atoms with Crippen molar-refractivity contribution in [3.05, 3.63) is 23.9 Å². The lowest BCUT2D eigenvalue weighted by Gasteiger charge is -2.31. The van der Waals surface area contributed by atoms with Crippen molar-refractivity contribution in [2.45, 2.75) is 26.2 Å². The van der Waals surface area contributed by atoms with E-state index in [9.17, 15) is 4.79 Å². The average molecular weight is 276 g/mol. The van der Waals surface area contributed by atoms with Gasteiger partial charge in [0.15, 0.2) is 0 Å². The number of aromatic nitrogens is 1. The van der Waals surface area contributed by atoms with Crippen molar-refractivity contribution in [1.82, 2.24) is 9.88 Å². The Kier molecular flexibility index (Phi) is 5.35. The van der Waals surface area contributed by atoms with Crippen LogP contribution in [0.4, 0.5) is 5.82 Å². The summed E-state index contributed by atoms with van der Waals surface area (Å²) in [6, 6.07) is 3.49. The third-order valence-corrected chi connectivity index (χ3v) is 4.07. The van der Waals surface area contributed by atoms with Crippen molar-refractivity contribution < 1.29 is 4.79 Å². The number of carbonyl (C=O) groups is 1. The second kappa shape index (κ2) is 7.24. The first-order chi connectivity index (χ1) is 9.69. The van der Waals surface area contributed by atoms with Gasteiger partial charge in [-0.25, -0.2) is 4.98 Å². The molecule has 0 unspecified atom stereocenters. The maximum absolute atomic E-state index is 10.9. The van der Waals surface area contributed by atoms with Gasteiger partial charge < -0.3 is 16.0 Å². The summed E-state index contributed by atoms with van der Waals surface area (Å²) in [7, 11) is 0. The van der Waals surface area contributed by atoms with Gasteiger partial charge >= 0.3 is 0 Å². The molecule has 20 heavy (non-hydrogen) atoms. The van der Waals surface area contributed by atoms with Gasteiger partial charge in [-0.3, -0.25) is 4.79 Å². The number of pyridine rings is 1. The molecule has 0 aliphatic carbocycles. The molecule has 2 rings (SSSR count). The van der Waals surface area contributed by atoms with Crippen LogP contribution < -0.4 is 11.1 Å². The highest BCUT2D eigenvalue weighted by Crippen LogP contribution is 2.19. The molecule has 110 valence electrons. The number of piperidine rings is 1. The lowest BCUT2D eigenvalue weighted by Crippen LogP contribution is -2.36. The fourth-order valence-electron chi connectivity index (χ4n) is 2.60. The van der Waals surface area contributed by atoms with Crippen molar-refractivity contribution in [1.29, 1.82) is 0 Å². The molecule has 0 aromatic carbocycles. The summed E-state index contributed by atoms with van der Waals surface area (Å²) in [5.74, 6) is 1.27. The normalized spacial score (nSPS) is 17.1. The molecule has 1 aromatic heterocycles. The molecular formula is C15H24N4O. The highest BCUT2D eigenvalue weighted by Gasteiger charge is 2.16. The number of nitrogens with one attached hydrogen (secondary N) is 1. The second-order valence-corrected chi connectivity index (χ2v) is 5.42. The van der Waals surface area contributed by atoms with E-state index in [4.69, 9.17) is 5.73 Å². The predicted molar refractivity (Wildman–Crippen MR) is 80.7 cm³/mol. The van der Waals surface area contributed by atoms with Crippen LogP contribution in [0.5, 0.6) is 0 Å². The van der Waals surface area contributed by atoms with Crippen LogP contribution in [0.15, 0.2) is 18.3 Å². The fraction of sp³-hybridized carbons (Fsp3) is 0.600. The zero-order chi connectivity index (χ0) is 14.4. The Morgan fingerprint density at radius 3 is 2.75 bits per heavy atom. The van der Waals surface area contributed by atoms with Crippen LogP contribution in [0.3, 0.4) is 0 Å². The molecule has 1 amide bonds. The van der Waals surface area contributed by atoms with Gasteiger partial charge in [0, 0.05) is 19.3 Å². The summed E-state index contributed by atoms with van der Waals surface area (Å²) in [5, 5.41) is 3.28. The number of hydrogen-bond acceptors (Lipinski definition) is 4. The fourth-order valence-corrected chi connectivity index (χ4v) is 2.60. The Bertz CT molecular complexity index is 424. The number of hydrogen-bond donors (Lipinski definition) is 2. The molecule has 1 aromatic rings. The van der Waals surface area contributed by atoms with Crippen molar-refractivity contribution in [2.24, 2.45) is 11.7 Å². The summed E-state index contributed by atoms with van der Waals surface area (Å²) in [6.45, 7) is 6.60. The number of amides is 1. The van der Waals surface area contributed by atoms with Crippen LogP contribution in [-0.2, 0) is 0 Å². The molecular weight excluding hydrogens is 252 g/mol. The van der Waals surface area contributed by atoms with E-state index in [0.717, 1.165) is 24.8 Å². The van der Waals surface area contributed by atoms with Crippen molar-refractivity contribution in [3.63, 3.8) is 0 Å². The third-order valence-electron chi connectivity index (χ3n) is 4.07. The molecule has 1 aliphatic heterocycles. The van der Waals surface area contributed by atoms with Crippen molar-refractivity contribution in [2.75, 3.05) is 31.5 Å². The first-order valence-corrected chi connectivity index (χ1v) is 7.41. The van der Waals surface area contributed by atoms with Gasteiger partial charge in [0.1, 0.15) is 5.82 Å². The predicted octanol–water partition coefficient (Wildman–Crippen LogP) is 1.71. The van der Waals surface area contributed by atoms with Gasteiger partial charge in [0.25, 0.3) is 0 Å². The minimum absolute atomic E-state index is 0.442. The number of rotatable bonds is 6. The summed E-state index contributed by atoms with van der Waals surface area (Å²) in [5.41, 5.74) is 5.62. The third kappa shape index (κ3) is 4.20. The van der Waals surface area contributed by atoms with E-state index in [1.807, 2.05) is 0 Å². The van der Waals surface area contributed by atoms with E-state index in [1.165, 1.54) is 38.5 Å². The first-order valence-electron chi connectivity index (χ1n) is 7.41. The van der Waals surface area contributed by atoms with Gasteiger partial charge in [-0.2, -0.15) is 0 Å². The first kappa shape index (κ1) is 14.8. The largest absolute Gasteiger partial charge is 0.369 e. The topological polar surface area (TPSA) is 71.2 Å². The summed E-state index contributed by atoms with van der Waals surface area (Å²) in [4.78, 5) is 17.6. The summed E-state index contributed by atoms with van der Waals surface area (Å²) in [6.07, 6.45) is 5.46. The quantitative estimate of drug-likeness (QED) is 0.830. The van der Waals surface area contributed by atoms with E-state index in [1.54, 1.807) is 12.1 Å². The van der Waals surface area contributed by atoms with Crippen LogP contribution in [0.25, 0.3) is 0 Å². The van der Waals surface area contributed by atoms with Crippen LogP contribution in [-0.4, -0.2) is 42.0 Å². The van der Waals surface area contributed by atoms with E-state index >= 15 is 0 Å². The van der Waals surface area contributed by atoms with E-state index in [-0.39, 0.29) is 0 Å². The van der Waals surface area contributed by atoms with Crippen LogP contribution in [0, 0.1) is 5.92 Å².